The summed E-state index contributed by atoms with van der Waals surface area (Å²) in [5, 5.41) is 33.3. The number of halogens is 1. The van der Waals surface area contributed by atoms with E-state index < -0.39 is 46.0 Å². The second kappa shape index (κ2) is 7.39. The molecule has 0 radical (unpaired) electrons. The first-order valence-corrected chi connectivity index (χ1v) is 9.56. The van der Waals surface area contributed by atoms with E-state index in [1.54, 1.807) is 13.8 Å². The average molecular weight is 419 g/mol. The number of hydrogen-bond donors (Lipinski definition) is 4. The highest BCUT2D eigenvalue weighted by Crippen LogP contribution is 2.33. The van der Waals surface area contributed by atoms with E-state index in [2.05, 4.69) is 5.16 Å². The number of rotatable bonds is 4. The van der Waals surface area contributed by atoms with Gasteiger partial charge in [-0.2, -0.15) is 8.42 Å². The van der Waals surface area contributed by atoms with Crippen LogP contribution in [0.1, 0.15) is 11.5 Å². The predicted octanol–water partition coefficient (Wildman–Crippen LogP) is 0.129. The van der Waals surface area contributed by atoms with Crippen molar-refractivity contribution in [3.05, 3.63) is 35.5 Å². The molecule has 1 aromatic carbocycles. The quantitative estimate of drug-likeness (QED) is 0.502. The van der Waals surface area contributed by atoms with Crippen molar-refractivity contribution in [2.75, 3.05) is 0 Å². The molecule has 2 aromatic rings. The van der Waals surface area contributed by atoms with Crippen molar-refractivity contribution >= 4 is 10.1 Å². The summed E-state index contributed by atoms with van der Waals surface area (Å²) in [6.45, 7) is 3.20. The first kappa shape index (κ1) is 20.6. The maximum Gasteiger partial charge on any atom is 0.295 e. The van der Waals surface area contributed by atoms with Crippen LogP contribution in [0.15, 0.2) is 22.7 Å². The molecule has 5 atom stereocenters. The fraction of sp³-hybridized carbons (Fsp3) is 0.438. The van der Waals surface area contributed by atoms with Gasteiger partial charge in [-0.3, -0.25) is 4.55 Å². The number of aromatic nitrogens is 1. The van der Waals surface area contributed by atoms with Crippen LogP contribution in [0.5, 0.6) is 5.75 Å². The molecule has 2 heterocycles. The summed E-state index contributed by atoms with van der Waals surface area (Å²) >= 11 is 0. The molecule has 4 N–H and O–H groups in total. The van der Waals surface area contributed by atoms with Crippen molar-refractivity contribution < 1.29 is 46.7 Å². The van der Waals surface area contributed by atoms with Gasteiger partial charge in [0.2, 0.25) is 11.7 Å². The van der Waals surface area contributed by atoms with Crippen molar-refractivity contribution in [2.24, 2.45) is 0 Å². The average Bonchev–Trinajstić information content (AvgIpc) is 2.94. The number of benzene rings is 1. The lowest BCUT2D eigenvalue weighted by atomic mass is 10.0. The zero-order valence-electron chi connectivity index (χ0n) is 14.7. The van der Waals surface area contributed by atoms with E-state index in [0.717, 1.165) is 6.07 Å². The standard InChI is InChI=1S/C16H18FNO9S/c1-6-11(7(2)27-18-6)9-5-8(3-4-10(9)17)25-15-13(20)12(19)14(21)16(26-15)28(22,23)24/h3-5,12-16,19-21H,1-2H3,(H,22,23,24)/t12-,13-,14+,15-,16?/m1/s1. The topological polar surface area (TPSA) is 160 Å². The summed E-state index contributed by atoms with van der Waals surface area (Å²) in [6.07, 6.45) is -7.70. The van der Waals surface area contributed by atoms with Gasteiger partial charge in [0, 0.05) is 5.56 Å². The van der Waals surface area contributed by atoms with Gasteiger partial charge in [-0.15, -0.1) is 0 Å². The number of aliphatic hydroxyl groups is 3. The molecule has 0 aliphatic carbocycles. The fourth-order valence-corrected chi connectivity index (χ4v) is 3.70. The van der Waals surface area contributed by atoms with Gasteiger partial charge in [-0.1, -0.05) is 5.16 Å². The van der Waals surface area contributed by atoms with Crippen molar-refractivity contribution in [1.29, 1.82) is 0 Å². The monoisotopic (exact) mass is 419 g/mol. The molecule has 154 valence electrons. The molecule has 28 heavy (non-hydrogen) atoms. The Hall–Kier alpha value is -2.09. The van der Waals surface area contributed by atoms with Crippen LogP contribution in [0.2, 0.25) is 0 Å². The molecule has 12 heteroatoms. The normalized spacial score (nSPS) is 28.3. The lowest BCUT2D eigenvalue weighted by molar-refractivity contribution is -0.254. The third kappa shape index (κ3) is 3.74. The Morgan fingerprint density at radius 1 is 1.14 bits per heavy atom. The lowest BCUT2D eigenvalue weighted by Crippen LogP contribution is -2.61. The first-order chi connectivity index (χ1) is 13.0. The smallest absolute Gasteiger partial charge is 0.295 e. The fourth-order valence-electron chi connectivity index (χ4n) is 2.93. The van der Waals surface area contributed by atoms with Crippen LogP contribution in [0.3, 0.4) is 0 Å². The molecule has 1 unspecified atom stereocenters. The first-order valence-electron chi connectivity index (χ1n) is 8.06. The lowest BCUT2D eigenvalue weighted by Gasteiger charge is -2.38. The Kier molecular flexibility index (Phi) is 5.44. The summed E-state index contributed by atoms with van der Waals surface area (Å²) in [7, 11) is -4.92. The van der Waals surface area contributed by atoms with Crippen LogP contribution >= 0.6 is 0 Å². The van der Waals surface area contributed by atoms with Gasteiger partial charge >= 0.3 is 0 Å². The van der Waals surface area contributed by atoms with Crippen LogP contribution < -0.4 is 4.74 Å². The molecular formula is C16H18FNO9S. The van der Waals surface area contributed by atoms with Gasteiger partial charge < -0.3 is 29.3 Å². The van der Waals surface area contributed by atoms with Gasteiger partial charge in [-0.05, 0) is 32.0 Å². The molecule has 1 fully saturated rings. The van der Waals surface area contributed by atoms with Crippen LogP contribution in [0.4, 0.5) is 4.39 Å². The molecule has 1 aliphatic rings. The Bertz CT molecular complexity index is 957. The van der Waals surface area contributed by atoms with Crippen LogP contribution in [0, 0.1) is 19.7 Å². The zero-order valence-corrected chi connectivity index (χ0v) is 15.5. The molecule has 3 rings (SSSR count). The maximum atomic E-state index is 14.3. The molecule has 1 aliphatic heterocycles. The minimum absolute atomic E-state index is 0.0434. The van der Waals surface area contributed by atoms with E-state index in [1.165, 1.54) is 12.1 Å². The molecule has 0 bridgehead atoms. The second-order valence-electron chi connectivity index (χ2n) is 6.32. The van der Waals surface area contributed by atoms with E-state index in [4.69, 9.17) is 18.5 Å². The van der Waals surface area contributed by atoms with E-state index in [1.807, 2.05) is 0 Å². The van der Waals surface area contributed by atoms with Crippen LogP contribution in [0.25, 0.3) is 11.1 Å². The summed E-state index contributed by atoms with van der Waals surface area (Å²) in [5.41, 5.74) is -1.35. The SMILES string of the molecule is Cc1noc(C)c1-c1cc(O[C@@H]2OC(S(=O)(=O)O)[C@@H](O)[C@H](O)[C@H]2O)ccc1F. The van der Waals surface area contributed by atoms with E-state index in [-0.39, 0.29) is 11.3 Å². The van der Waals surface area contributed by atoms with E-state index >= 15 is 0 Å². The number of nitrogens with zero attached hydrogens (tertiary/aromatic N) is 1. The van der Waals surface area contributed by atoms with Crippen molar-refractivity contribution in [3.8, 4) is 16.9 Å². The van der Waals surface area contributed by atoms with Crippen LogP contribution in [-0.2, 0) is 14.9 Å². The van der Waals surface area contributed by atoms with Crippen LogP contribution in [-0.4, -0.2) is 63.5 Å². The Morgan fingerprint density at radius 2 is 1.82 bits per heavy atom. The zero-order chi connectivity index (χ0) is 20.8. The molecule has 0 saturated carbocycles. The Balaban J connectivity index is 1.92. The van der Waals surface area contributed by atoms with Gasteiger partial charge in [0.15, 0.2) is 0 Å². The van der Waals surface area contributed by atoms with Crippen molar-refractivity contribution in [2.45, 2.75) is 43.9 Å². The van der Waals surface area contributed by atoms with Gasteiger partial charge in [0.25, 0.3) is 10.1 Å². The van der Waals surface area contributed by atoms with Gasteiger partial charge in [0.1, 0.15) is 35.6 Å². The maximum absolute atomic E-state index is 14.3. The number of aryl methyl sites for hydroxylation is 2. The number of ether oxygens (including phenoxy) is 2. The highest BCUT2D eigenvalue weighted by atomic mass is 32.2. The molecule has 1 saturated heterocycles. The summed E-state index contributed by atoms with van der Waals surface area (Å²) in [6, 6.07) is 3.50. The second-order valence-corrected chi connectivity index (χ2v) is 7.81. The molecule has 0 amide bonds. The minimum atomic E-state index is -4.92. The Morgan fingerprint density at radius 3 is 2.39 bits per heavy atom. The Labute approximate surface area is 158 Å². The summed E-state index contributed by atoms with van der Waals surface area (Å²) in [4.78, 5) is 0. The number of hydrogen-bond acceptors (Lipinski definition) is 9. The third-order valence-electron chi connectivity index (χ3n) is 4.31. The van der Waals surface area contributed by atoms with E-state index in [9.17, 15) is 28.1 Å². The molecule has 0 spiro atoms. The summed E-state index contributed by atoms with van der Waals surface area (Å²) < 4.78 is 61.4. The molecule has 1 aromatic heterocycles. The minimum Gasteiger partial charge on any atom is -0.462 e. The number of aliphatic hydroxyl groups excluding tert-OH is 3. The highest BCUT2D eigenvalue weighted by molar-refractivity contribution is 7.86. The van der Waals surface area contributed by atoms with Crippen molar-refractivity contribution in [1.82, 2.24) is 5.16 Å². The summed E-state index contributed by atoms with van der Waals surface area (Å²) in [5.74, 6) is -0.302. The predicted molar refractivity (Wildman–Crippen MR) is 90.2 cm³/mol. The van der Waals surface area contributed by atoms with Gasteiger partial charge in [0.05, 0.1) is 11.3 Å². The van der Waals surface area contributed by atoms with Crippen molar-refractivity contribution in [3.63, 3.8) is 0 Å². The largest absolute Gasteiger partial charge is 0.462 e. The van der Waals surface area contributed by atoms with Gasteiger partial charge in [-0.25, -0.2) is 4.39 Å². The molecular weight excluding hydrogens is 401 g/mol. The highest BCUT2D eigenvalue weighted by Gasteiger charge is 2.50. The van der Waals surface area contributed by atoms with E-state index in [0.29, 0.717) is 17.0 Å². The third-order valence-corrected chi connectivity index (χ3v) is 5.29. The molecule has 10 nitrogen and oxygen atoms in total.